The third-order valence-electron chi connectivity index (χ3n) is 3.48. The molecule has 1 N–H and O–H groups in total. The van der Waals surface area contributed by atoms with Gasteiger partial charge < -0.3 is 10.4 Å². The van der Waals surface area contributed by atoms with E-state index in [-0.39, 0.29) is 0 Å². The van der Waals surface area contributed by atoms with E-state index < -0.39 is 11.7 Å². The summed E-state index contributed by atoms with van der Waals surface area (Å²) >= 11 is 11.9. The Labute approximate surface area is 116 Å². The zero-order chi connectivity index (χ0) is 13.7. The molecule has 0 bridgehead atoms. The molecule has 6 heteroatoms. The molecule has 0 radical (unpaired) electrons. The molecule has 98 valence electrons. The molecule has 0 aliphatic carbocycles. The van der Waals surface area contributed by atoms with Crippen molar-refractivity contribution in [1.29, 1.82) is 0 Å². The Balaban J connectivity index is 2.53. The van der Waals surface area contributed by atoms with Crippen molar-refractivity contribution < 1.29 is 9.95 Å². The van der Waals surface area contributed by atoms with Gasteiger partial charge in [0.25, 0.3) is 6.17 Å². The number of benzene rings is 1. The van der Waals surface area contributed by atoms with E-state index in [4.69, 9.17) is 23.2 Å². The van der Waals surface area contributed by atoms with Crippen LogP contribution in [-0.2, 0) is 0 Å². The maximum atomic E-state index is 12.2. The largest absolute Gasteiger partial charge is 0.622 e. The quantitative estimate of drug-likeness (QED) is 0.636. The predicted octanol–water partition coefficient (Wildman–Crippen LogP) is 3.45. The molecule has 2 rings (SSSR count). The first kappa shape index (κ1) is 13.6. The molecule has 1 aliphatic heterocycles. The summed E-state index contributed by atoms with van der Waals surface area (Å²) in [6, 6.07) is 4.85. The Morgan fingerprint density at radius 1 is 1.39 bits per heavy atom. The van der Waals surface area contributed by atoms with Crippen LogP contribution in [0.2, 0.25) is 10.0 Å². The van der Waals surface area contributed by atoms with E-state index in [2.05, 4.69) is 0 Å². The highest BCUT2D eigenvalue weighted by atomic mass is 35.5. The zero-order valence-corrected chi connectivity index (χ0v) is 11.8. The summed E-state index contributed by atoms with van der Waals surface area (Å²) in [7, 11) is 0. The van der Waals surface area contributed by atoms with Crippen LogP contribution in [0.25, 0.3) is 0 Å². The van der Waals surface area contributed by atoms with Crippen LogP contribution in [0.5, 0.6) is 0 Å². The van der Waals surface area contributed by atoms with Crippen molar-refractivity contribution in [2.24, 2.45) is 0 Å². The summed E-state index contributed by atoms with van der Waals surface area (Å²) in [6.07, 6.45) is -0.843. The highest BCUT2D eigenvalue weighted by molar-refractivity contribution is 6.35. The van der Waals surface area contributed by atoms with Gasteiger partial charge in [0.05, 0.1) is 10.6 Å². The van der Waals surface area contributed by atoms with Gasteiger partial charge in [0, 0.05) is 11.9 Å². The molecule has 0 spiro atoms. The SMILES string of the molecule is CC1=[N+]([O-])[C@@H](c2ccc(Cl)cc2Cl)N(O)C1(C)C. The first-order chi connectivity index (χ1) is 8.26. The van der Waals surface area contributed by atoms with E-state index in [0.29, 0.717) is 21.3 Å². The molecule has 0 amide bonds. The number of hydrogen-bond donors (Lipinski definition) is 1. The number of nitrogens with zero attached hydrogens (tertiary/aromatic N) is 2. The lowest BCUT2D eigenvalue weighted by Gasteiger charge is -2.25. The van der Waals surface area contributed by atoms with Gasteiger partial charge in [0.2, 0.25) is 0 Å². The number of halogens is 2. The number of hydroxylamine groups is 3. The smallest absolute Gasteiger partial charge is 0.269 e. The fourth-order valence-corrected chi connectivity index (χ4v) is 2.50. The third-order valence-corrected chi connectivity index (χ3v) is 4.05. The summed E-state index contributed by atoms with van der Waals surface area (Å²) < 4.78 is 0.773. The Kier molecular flexibility index (Phi) is 3.32. The van der Waals surface area contributed by atoms with Crippen molar-refractivity contribution in [3.05, 3.63) is 39.0 Å². The molecule has 0 saturated carbocycles. The van der Waals surface area contributed by atoms with Crippen molar-refractivity contribution in [1.82, 2.24) is 5.06 Å². The predicted molar refractivity (Wildman–Crippen MR) is 71.2 cm³/mol. The minimum Gasteiger partial charge on any atom is -0.622 e. The lowest BCUT2D eigenvalue weighted by atomic mass is 10.0. The average Bonchev–Trinajstić information content (AvgIpc) is 2.43. The maximum Gasteiger partial charge on any atom is 0.269 e. The third kappa shape index (κ3) is 1.89. The van der Waals surface area contributed by atoms with Gasteiger partial charge in [-0.25, -0.2) is 0 Å². The molecule has 0 fully saturated rings. The summed E-state index contributed by atoms with van der Waals surface area (Å²) in [5.41, 5.74) is 0.333. The van der Waals surface area contributed by atoms with E-state index in [9.17, 15) is 10.4 Å². The summed E-state index contributed by atoms with van der Waals surface area (Å²) in [5, 5.41) is 24.2. The van der Waals surface area contributed by atoms with Gasteiger partial charge in [-0.05, 0) is 32.0 Å². The van der Waals surface area contributed by atoms with E-state index in [1.807, 2.05) is 0 Å². The molecule has 0 unspecified atom stereocenters. The molecule has 0 aromatic heterocycles. The van der Waals surface area contributed by atoms with Gasteiger partial charge in [-0.1, -0.05) is 23.2 Å². The van der Waals surface area contributed by atoms with Gasteiger partial charge in [0.15, 0.2) is 5.71 Å². The van der Waals surface area contributed by atoms with Crippen LogP contribution in [0.1, 0.15) is 32.5 Å². The van der Waals surface area contributed by atoms with Crippen LogP contribution in [0.3, 0.4) is 0 Å². The van der Waals surface area contributed by atoms with Gasteiger partial charge in [-0.2, -0.15) is 4.74 Å². The molecule has 1 atom stereocenters. The molecule has 1 heterocycles. The monoisotopic (exact) mass is 288 g/mol. The Hall–Kier alpha value is -0.810. The molecule has 4 nitrogen and oxygen atoms in total. The minimum absolute atomic E-state index is 0.359. The van der Waals surface area contributed by atoms with Crippen molar-refractivity contribution in [2.45, 2.75) is 32.5 Å². The van der Waals surface area contributed by atoms with Gasteiger partial charge >= 0.3 is 0 Å². The van der Waals surface area contributed by atoms with E-state index in [1.165, 1.54) is 0 Å². The molecule has 0 saturated heterocycles. The Bertz CT molecular complexity index is 529. The lowest BCUT2D eigenvalue weighted by Crippen LogP contribution is -2.42. The van der Waals surface area contributed by atoms with E-state index in [1.54, 1.807) is 39.0 Å². The second-order valence-electron chi connectivity index (χ2n) is 4.85. The average molecular weight is 289 g/mol. The fourth-order valence-electron chi connectivity index (χ4n) is 1.99. The zero-order valence-electron chi connectivity index (χ0n) is 10.3. The highest BCUT2D eigenvalue weighted by Crippen LogP contribution is 2.37. The van der Waals surface area contributed by atoms with Gasteiger partial charge in [0.1, 0.15) is 5.54 Å². The highest BCUT2D eigenvalue weighted by Gasteiger charge is 2.50. The van der Waals surface area contributed by atoms with E-state index >= 15 is 0 Å². The second-order valence-corrected chi connectivity index (χ2v) is 5.70. The molecular weight excluding hydrogens is 275 g/mol. The standard InChI is InChI=1S/C12H14Cl2N2O2/c1-7-12(2,3)16(18)11(15(7)17)9-5-4-8(13)6-10(9)14/h4-6,11,18H,1-3H3/t11-/m1/s1. The van der Waals surface area contributed by atoms with Gasteiger partial charge in [-0.15, -0.1) is 5.06 Å². The molecule has 1 aromatic rings. The fraction of sp³-hybridized carbons (Fsp3) is 0.417. The number of rotatable bonds is 1. The normalized spacial score (nSPS) is 23.8. The van der Waals surface area contributed by atoms with Crippen LogP contribution >= 0.6 is 23.2 Å². The van der Waals surface area contributed by atoms with Crippen LogP contribution in [0.4, 0.5) is 0 Å². The topological polar surface area (TPSA) is 49.5 Å². The summed E-state index contributed by atoms with van der Waals surface area (Å²) in [6.45, 7) is 5.24. The summed E-state index contributed by atoms with van der Waals surface area (Å²) in [4.78, 5) is 0. The van der Waals surface area contributed by atoms with Crippen LogP contribution in [0.15, 0.2) is 18.2 Å². The minimum atomic E-state index is -0.843. The van der Waals surface area contributed by atoms with Crippen LogP contribution < -0.4 is 0 Å². The first-order valence-corrected chi connectivity index (χ1v) is 6.26. The van der Waals surface area contributed by atoms with E-state index in [0.717, 1.165) is 9.80 Å². The van der Waals surface area contributed by atoms with Gasteiger partial charge in [-0.3, -0.25) is 0 Å². The van der Waals surface area contributed by atoms with Crippen molar-refractivity contribution in [3.63, 3.8) is 0 Å². The summed E-state index contributed by atoms with van der Waals surface area (Å²) in [5.74, 6) is 0. The molecule has 1 aromatic carbocycles. The Morgan fingerprint density at radius 2 is 2.00 bits per heavy atom. The van der Waals surface area contributed by atoms with Crippen molar-refractivity contribution in [2.75, 3.05) is 0 Å². The van der Waals surface area contributed by atoms with Crippen LogP contribution in [-0.4, -0.2) is 26.3 Å². The second kappa shape index (κ2) is 4.38. The lowest BCUT2D eigenvalue weighted by molar-refractivity contribution is -0.545. The van der Waals surface area contributed by atoms with Crippen LogP contribution in [0, 0.1) is 5.21 Å². The molecule has 1 aliphatic rings. The van der Waals surface area contributed by atoms with Crippen molar-refractivity contribution in [3.8, 4) is 0 Å². The number of hydrogen-bond acceptors (Lipinski definition) is 3. The van der Waals surface area contributed by atoms with Crippen molar-refractivity contribution >= 4 is 28.9 Å². The Morgan fingerprint density at radius 3 is 2.44 bits per heavy atom. The molecule has 18 heavy (non-hydrogen) atoms. The maximum absolute atomic E-state index is 12.2. The first-order valence-electron chi connectivity index (χ1n) is 5.50. The molecular formula is C12H14Cl2N2O2.